The van der Waals surface area contributed by atoms with Crippen molar-refractivity contribution >= 4 is 26.9 Å². The number of hydrogen-bond donors (Lipinski definition) is 4. The van der Waals surface area contributed by atoms with Gasteiger partial charge in [0.05, 0.1) is 12.8 Å². The Balaban J connectivity index is 1.91. The minimum Gasteiger partial charge on any atom is -0.358 e. The monoisotopic (exact) mass is 365 g/mol. The number of fused-ring (bicyclic) bond motifs is 1. The first kappa shape index (κ1) is 19.3. The van der Waals surface area contributed by atoms with Crippen LogP contribution in [0.4, 0.5) is 0 Å². The molecule has 0 aliphatic carbocycles. The topological polar surface area (TPSA) is 98.4 Å². The number of H-pyrrole nitrogens is 1. The van der Waals surface area contributed by atoms with Crippen molar-refractivity contribution in [3.8, 4) is 0 Å². The summed E-state index contributed by atoms with van der Waals surface area (Å²) in [5, 5.41) is 7.71. The number of aromatic nitrogens is 1. The largest absolute Gasteiger partial charge is 0.358 e. The van der Waals surface area contributed by atoms with Gasteiger partial charge in [0.25, 0.3) is 0 Å². The van der Waals surface area contributed by atoms with Crippen molar-refractivity contribution in [3.63, 3.8) is 0 Å². The molecule has 0 aliphatic rings. The van der Waals surface area contributed by atoms with Crippen molar-refractivity contribution in [1.29, 1.82) is 0 Å². The van der Waals surface area contributed by atoms with Crippen LogP contribution in [-0.4, -0.2) is 51.8 Å². The van der Waals surface area contributed by atoms with Crippen LogP contribution in [0.3, 0.4) is 0 Å². The van der Waals surface area contributed by atoms with Crippen molar-refractivity contribution in [2.45, 2.75) is 20.3 Å². The van der Waals surface area contributed by atoms with E-state index in [2.05, 4.69) is 44.4 Å². The van der Waals surface area contributed by atoms with Gasteiger partial charge in [-0.1, -0.05) is 18.2 Å². The molecule has 2 aromatic rings. The van der Waals surface area contributed by atoms with Gasteiger partial charge >= 0.3 is 0 Å². The van der Waals surface area contributed by atoms with Crippen molar-refractivity contribution in [3.05, 3.63) is 35.5 Å². The Morgan fingerprint density at radius 3 is 2.68 bits per heavy atom. The third kappa shape index (κ3) is 6.06. The fourth-order valence-corrected chi connectivity index (χ4v) is 3.17. The highest BCUT2D eigenvalue weighted by molar-refractivity contribution is 7.88. The molecule has 0 fully saturated rings. The first-order valence-electron chi connectivity index (χ1n) is 8.43. The molecule has 0 saturated carbocycles. The maximum absolute atomic E-state index is 11.1. The van der Waals surface area contributed by atoms with E-state index in [9.17, 15) is 8.42 Å². The summed E-state index contributed by atoms with van der Waals surface area (Å²) in [4.78, 5) is 7.79. The van der Waals surface area contributed by atoms with Gasteiger partial charge in [-0.15, -0.1) is 0 Å². The lowest BCUT2D eigenvalue weighted by Gasteiger charge is -2.11. The van der Waals surface area contributed by atoms with Gasteiger partial charge in [0.2, 0.25) is 10.0 Å². The number of aryl methyl sites for hydroxylation is 1. The number of nitrogens with zero attached hydrogens (tertiary/aromatic N) is 1. The van der Waals surface area contributed by atoms with Crippen LogP contribution in [0.5, 0.6) is 0 Å². The molecule has 138 valence electrons. The molecule has 4 N–H and O–H groups in total. The number of aromatic amines is 1. The highest BCUT2D eigenvalue weighted by Crippen LogP contribution is 2.21. The van der Waals surface area contributed by atoms with Gasteiger partial charge in [-0.2, -0.15) is 0 Å². The Morgan fingerprint density at radius 1 is 1.20 bits per heavy atom. The van der Waals surface area contributed by atoms with Gasteiger partial charge < -0.3 is 15.6 Å². The molecule has 1 heterocycles. The van der Waals surface area contributed by atoms with E-state index in [0.717, 1.165) is 31.3 Å². The molecule has 1 aromatic heterocycles. The second kappa shape index (κ2) is 8.87. The van der Waals surface area contributed by atoms with Crippen molar-refractivity contribution < 1.29 is 8.42 Å². The molecule has 8 heteroatoms. The van der Waals surface area contributed by atoms with E-state index in [-0.39, 0.29) is 6.54 Å². The summed E-state index contributed by atoms with van der Waals surface area (Å²) in [6, 6.07) is 8.29. The van der Waals surface area contributed by atoms with Crippen molar-refractivity contribution in [2.24, 2.45) is 4.99 Å². The Hall–Kier alpha value is -2.06. The number of para-hydroxylation sites is 1. The number of benzene rings is 1. The number of aliphatic imine (C=N–C) groups is 1. The predicted molar refractivity (Wildman–Crippen MR) is 104 cm³/mol. The molecule has 2 rings (SSSR count). The zero-order chi connectivity index (χ0) is 18.3. The van der Waals surface area contributed by atoms with Crippen LogP contribution in [0.2, 0.25) is 0 Å². The third-order valence-corrected chi connectivity index (χ3v) is 4.51. The summed E-state index contributed by atoms with van der Waals surface area (Å²) in [5.74, 6) is 0.690. The lowest BCUT2D eigenvalue weighted by atomic mass is 10.1. The van der Waals surface area contributed by atoms with E-state index in [1.54, 1.807) is 0 Å². The summed E-state index contributed by atoms with van der Waals surface area (Å²) in [6.07, 6.45) is 2.02. The Kier molecular flexibility index (Phi) is 6.83. The van der Waals surface area contributed by atoms with Gasteiger partial charge in [0.15, 0.2) is 5.96 Å². The maximum Gasteiger partial charge on any atom is 0.208 e. The van der Waals surface area contributed by atoms with Gasteiger partial charge in [0, 0.05) is 36.2 Å². The van der Waals surface area contributed by atoms with E-state index in [0.29, 0.717) is 12.5 Å². The zero-order valence-electron chi connectivity index (χ0n) is 15.0. The van der Waals surface area contributed by atoms with Crippen molar-refractivity contribution in [2.75, 3.05) is 32.4 Å². The Morgan fingerprint density at radius 2 is 1.96 bits per heavy atom. The van der Waals surface area contributed by atoms with Gasteiger partial charge in [-0.25, -0.2) is 13.1 Å². The van der Waals surface area contributed by atoms with Crippen molar-refractivity contribution in [1.82, 2.24) is 20.3 Å². The fraction of sp³-hybridized carbons (Fsp3) is 0.471. The molecule has 0 unspecified atom stereocenters. The highest BCUT2D eigenvalue weighted by atomic mass is 32.2. The van der Waals surface area contributed by atoms with E-state index < -0.39 is 10.0 Å². The fourth-order valence-electron chi connectivity index (χ4n) is 2.70. The first-order chi connectivity index (χ1) is 11.9. The molecular formula is C17H27N5O2S. The zero-order valence-corrected chi connectivity index (χ0v) is 15.8. The molecule has 0 aliphatic heterocycles. The molecule has 0 saturated heterocycles. The minimum absolute atomic E-state index is 0.289. The quantitative estimate of drug-likeness (QED) is 0.320. The lowest BCUT2D eigenvalue weighted by molar-refractivity contribution is 0.588. The van der Waals surface area contributed by atoms with Gasteiger partial charge in [-0.3, -0.25) is 4.99 Å². The van der Waals surface area contributed by atoms with Gasteiger partial charge in [-0.05, 0) is 31.9 Å². The van der Waals surface area contributed by atoms with Crippen LogP contribution >= 0.6 is 0 Å². The SMILES string of the molecule is CCNC(=NCCNS(C)(=O)=O)NCCc1c(C)[nH]c2ccccc12. The number of guanidine groups is 1. The summed E-state index contributed by atoms with van der Waals surface area (Å²) in [7, 11) is -3.17. The Bertz CT molecular complexity index is 827. The molecule has 0 spiro atoms. The Labute approximate surface area is 149 Å². The van der Waals surface area contributed by atoms with E-state index in [1.165, 1.54) is 16.6 Å². The standard InChI is InChI=1S/C17H27N5O2S/c1-4-18-17(20-11-12-21-25(3,23)24)19-10-9-14-13(2)22-16-8-6-5-7-15(14)16/h5-8,21-22H,4,9-12H2,1-3H3,(H2,18,19,20). The number of hydrogen-bond acceptors (Lipinski definition) is 3. The van der Waals surface area contributed by atoms with Crippen LogP contribution in [0.1, 0.15) is 18.2 Å². The van der Waals surface area contributed by atoms with Crippen LogP contribution in [0, 0.1) is 6.92 Å². The maximum atomic E-state index is 11.1. The number of nitrogens with one attached hydrogen (secondary N) is 4. The average molecular weight is 366 g/mol. The third-order valence-electron chi connectivity index (χ3n) is 3.78. The molecule has 0 amide bonds. The normalized spacial score (nSPS) is 12.5. The highest BCUT2D eigenvalue weighted by Gasteiger charge is 2.07. The molecule has 25 heavy (non-hydrogen) atoms. The first-order valence-corrected chi connectivity index (χ1v) is 10.3. The summed E-state index contributed by atoms with van der Waals surface area (Å²) >= 11 is 0. The summed E-state index contributed by atoms with van der Waals surface area (Å²) in [6.45, 7) is 6.25. The van der Waals surface area contributed by atoms with Crippen LogP contribution in [0.25, 0.3) is 10.9 Å². The molecule has 7 nitrogen and oxygen atoms in total. The van der Waals surface area contributed by atoms with E-state index in [1.807, 2.05) is 19.1 Å². The van der Waals surface area contributed by atoms with E-state index in [4.69, 9.17) is 0 Å². The number of sulfonamides is 1. The molecule has 0 atom stereocenters. The predicted octanol–water partition coefficient (Wildman–Crippen LogP) is 1.12. The average Bonchev–Trinajstić information content (AvgIpc) is 2.86. The molecule has 0 radical (unpaired) electrons. The van der Waals surface area contributed by atoms with E-state index >= 15 is 0 Å². The van der Waals surface area contributed by atoms with Crippen LogP contribution in [0.15, 0.2) is 29.3 Å². The van der Waals surface area contributed by atoms with Gasteiger partial charge in [0.1, 0.15) is 0 Å². The lowest BCUT2D eigenvalue weighted by Crippen LogP contribution is -2.39. The second-order valence-corrected chi connectivity index (χ2v) is 7.71. The van der Waals surface area contributed by atoms with Crippen LogP contribution < -0.4 is 15.4 Å². The molecule has 0 bridgehead atoms. The summed E-state index contributed by atoms with van der Waals surface area (Å²) < 4.78 is 24.5. The molecule has 1 aromatic carbocycles. The molecular weight excluding hydrogens is 338 g/mol. The van der Waals surface area contributed by atoms with Crippen LogP contribution in [-0.2, 0) is 16.4 Å². The smallest absolute Gasteiger partial charge is 0.208 e. The minimum atomic E-state index is -3.17. The number of rotatable bonds is 8. The summed E-state index contributed by atoms with van der Waals surface area (Å²) in [5.41, 5.74) is 3.64. The second-order valence-electron chi connectivity index (χ2n) is 5.88.